The van der Waals surface area contributed by atoms with Crippen LogP contribution in [-0.4, -0.2) is 22.8 Å². The lowest BCUT2D eigenvalue weighted by molar-refractivity contribution is -0.114. The third-order valence-electron chi connectivity index (χ3n) is 4.72. The fraction of sp³-hybridized carbons (Fsp3) is 0.273. The minimum atomic E-state index is -0.0659. The standard InChI is InChI=1S/C22H26N4O2/c1-15(23-13-18-5-7-19(8-6-18)25-17(3)27)22-14-24-26(16(22)2)20-9-11-21(28-4)12-10-20/h5-12,14-15,23H,13H2,1-4H3,(H,25,27). The fourth-order valence-corrected chi connectivity index (χ4v) is 3.12. The number of nitrogens with zero attached hydrogens (tertiary/aromatic N) is 2. The largest absolute Gasteiger partial charge is 0.497 e. The number of rotatable bonds is 7. The number of methoxy groups -OCH3 is 1. The highest BCUT2D eigenvalue weighted by Crippen LogP contribution is 2.22. The van der Waals surface area contributed by atoms with Gasteiger partial charge in [0, 0.05) is 36.5 Å². The topological polar surface area (TPSA) is 68.2 Å². The van der Waals surface area contributed by atoms with Crippen LogP contribution in [-0.2, 0) is 11.3 Å². The highest BCUT2D eigenvalue weighted by atomic mass is 16.5. The summed E-state index contributed by atoms with van der Waals surface area (Å²) in [6.07, 6.45) is 1.91. The van der Waals surface area contributed by atoms with Crippen LogP contribution in [0.1, 0.15) is 36.7 Å². The Labute approximate surface area is 165 Å². The van der Waals surface area contributed by atoms with Crippen LogP contribution in [0.2, 0.25) is 0 Å². The van der Waals surface area contributed by atoms with Crippen molar-refractivity contribution in [1.82, 2.24) is 15.1 Å². The van der Waals surface area contributed by atoms with Gasteiger partial charge in [0.05, 0.1) is 19.0 Å². The molecule has 6 nitrogen and oxygen atoms in total. The molecular weight excluding hydrogens is 352 g/mol. The van der Waals surface area contributed by atoms with Crippen LogP contribution in [0, 0.1) is 6.92 Å². The lowest BCUT2D eigenvalue weighted by Crippen LogP contribution is -2.18. The van der Waals surface area contributed by atoms with E-state index in [4.69, 9.17) is 4.74 Å². The van der Waals surface area contributed by atoms with Gasteiger partial charge in [-0.2, -0.15) is 5.10 Å². The number of aromatic nitrogens is 2. The third-order valence-corrected chi connectivity index (χ3v) is 4.72. The number of carbonyl (C=O) groups is 1. The third kappa shape index (κ3) is 4.58. The molecule has 146 valence electrons. The Morgan fingerprint density at radius 1 is 1.14 bits per heavy atom. The molecule has 6 heteroatoms. The Bertz CT molecular complexity index is 930. The molecule has 28 heavy (non-hydrogen) atoms. The molecule has 0 saturated heterocycles. The number of hydrogen-bond donors (Lipinski definition) is 2. The number of nitrogens with one attached hydrogen (secondary N) is 2. The molecule has 0 spiro atoms. The summed E-state index contributed by atoms with van der Waals surface area (Å²) in [5.74, 6) is 0.761. The average molecular weight is 378 g/mol. The second-order valence-corrected chi connectivity index (χ2v) is 6.78. The summed E-state index contributed by atoms with van der Waals surface area (Å²) in [7, 11) is 1.66. The summed E-state index contributed by atoms with van der Waals surface area (Å²) in [5, 5.41) is 10.9. The molecule has 0 aliphatic rings. The van der Waals surface area contributed by atoms with Crippen LogP contribution < -0.4 is 15.4 Å². The maximum Gasteiger partial charge on any atom is 0.221 e. The minimum Gasteiger partial charge on any atom is -0.497 e. The predicted octanol–water partition coefficient (Wildman–Crippen LogP) is 4.00. The van der Waals surface area contributed by atoms with Gasteiger partial charge in [-0.05, 0) is 55.8 Å². The summed E-state index contributed by atoms with van der Waals surface area (Å²) in [4.78, 5) is 11.1. The van der Waals surface area contributed by atoms with Gasteiger partial charge in [0.25, 0.3) is 0 Å². The first-order valence-corrected chi connectivity index (χ1v) is 9.27. The van der Waals surface area contributed by atoms with E-state index in [1.807, 2.05) is 59.4 Å². The van der Waals surface area contributed by atoms with Crippen LogP contribution in [0.3, 0.4) is 0 Å². The van der Waals surface area contributed by atoms with Crippen LogP contribution in [0.4, 0.5) is 5.69 Å². The number of amides is 1. The highest BCUT2D eigenvalue weighted by Gasteiger charge is 2.14. The molecule has 1 heterocycles. The van der Waals surface area contributed by atoms with Crippen molar-refractivity contribution in [2.45, 2.75) is 33.4 Å². The van der Waals surface area contributed by atoms with E-state index in [2.05, 4.69) is 29.6 Å². The van der Waals surface area contributed by atoms with E-state index >= 15 is 0 Å². The number of ether oxygens (including phenoxy) is 1. The summed E-state index contributed by atoms with van der Waals surface area (Å²) in [6, 6.07) is 15.9. The molecule has 2 N–H and O–H groups in total. The van der Waals surface area contributed by atoms with E-state index in [9.17, 15) is 4.79 Å². The van der Waals surface area contributed by atoms with Crippen LogP contribution in [0.25, 0.3) is 5.69 Å². The van der Waals surface area contributed by atoms with E-state index in [0.717, 1.165) is 40.5 Å². The molecule has 2 aromatic carbocycles. The lowest BCUT2D eigenvalue weighted by Gasteiger charge is -2.14. The maximum atomic E-state index is 11.1. The molecule has 0 bridgehead atoms. The van der Waals surface area contributed by atoms with Gasteiger partial charge in [0.2, 0.25) is 5.91 Å². The first-order valence-electron chi connectivity index (χ1n) is 9.27. The molecule has 3 rings (SSSR count). The van der Waals surface area contributed by atoms with Gasteiger partial charge in [-0.15, -0.1) is 0 Å². The van der Waals surface area contributed by atoms with Gasteiger partial charge in [-0.25, -0.2) is 4.68 Å². The number of hydrogen-bond acceptors (Lipinski definition) is 4. The summed E-state index contributed by atoms with van der Waals surface area (Å²) < 4.78 is 7.16. The van der Waals surface area contributed by atoms with Crippen molar-refractivity contribution in [2.24, 2.45) is 0 Å². The van der Waals surface area contributed by atoms with E-state index in [1.54, 1.807) is 7.11 Å². The first kappa shape index (κ1) is 19.6. The molecule has 1 unspecified atom stereocenters. The molecule has 1 amide bonds. The zero-order chi connectivity index (χ0) is 20.1. The molecular formula is C22H26N4O2. The van der Waals surface area contributed by atoms with Crippen molar-refractivity contribution in [2.75, 3.05) is 12.4 Å². The summed E-state index contributed by atoms with van der Waals surface area (Å²) in [5.41, 5.74) is 5.23. The van der Waals surface area contributed by atoms with Gasteiger partial charge < -0.3 is 15.4 Å². The van der Waals surface area contributed by atoms with Crippen molar-refractivity contribution in [3.8, 4) is 11.4 Å². The van der Waals surface area contributed by atoms with Gasteiger partial charge in [0.15, 0.2) is 0 Å². The quantitative estimate of drug-likeness (QED) is 0.652. The first-order chi connectivity index (χ1) is 13.5. The van der Waals surface area contributed by atoms with Crippen molar-refractivity contribution < 1.29 is 9.53 Å². The Morgan fingerprint density at radius 2 is 1.82 bits per heavy atom. The van der Waals surface area contributed by atoms with Gasteiger partial charge in [0.1, 0.15) is 5.75 Å². The minimum absolute atomic E-state index is 0.0659. The van der Waals surface area contributed by atoms with Crippen molar-refractivity contribution >= 4 is 11.6 Å². The molecule has 1 aromatic heterocycles. The summed E-state index contributed by atoms with van der Waals surface area (Å²) in [6.45, 7) is 6.45. The van der Waals surface area contributed by atoms with Crippen molar-refractivity contribution in [3.63, 3.8) is 0 Å². The van der Waals surface area contributed by atoms with Crippen molar-refractivity contribution in [3.05, 3.63) is 71.5 Å². The average Bonchev–Trinajstić information content (AvgIpc) is 3.08. The van der Waals surface area contributed by atoms with Crippen molar-refractivity contribution in [1.29, 1.82) is 0 Å². The molecule has 0 aliphatic carbocycles. The second-order valence-electron chi connectivity index (χ2n) is 6.78. The number of benzene rings is 2. The van der Waals surface area contributed by atoms with Gasteiger partial charge >= 0.3 is 0 Å². The Kier molecular flexibility index (Phi) is 6.11. The highest BCUT2D eigenvalue weighted by molar-refractivity contribution is 5.88. The monoisotopic (exact) mass is 378 g/mol. The van der Waals surface area contributed by atoms with Crippen LogP contribution in [0.5, 0.6) is 5.75 Å². The normalized spacial score (nSPS) is 11.9. The molecule has 1 atom stereocenters. The molecule has 0 aliphatic heterocycles. The Morgan fingerprint density at radius 3 is 2.43 bits per heavy atom. The van der Waals surface area contributed by atoms with Crippen LogP contribution >= 0.6 is 0 Å². The van der Waals surface area contributed by atoms with Gasteiger partial charge in [-0.1, -0.05) is 12.1 Å². The number of carbonyl (C=O) groups excluding carboxylic acids is 1. The van der Waals surface area contributed by atoms with Gasteiger partial charge in [-0.3, -0.25) is 4.79 Å². The summed E-state index contributed by atoms with van der Waals surface area (Å²) >= 11 is 0. The SMILES string of the molecule is COc1ccc(-n2ncc(C(C)NCc3ccc(NC(C)=O)cc3)c2C)cc1. The Balaban J connectivity index is 1.65. The van der Waals surface area contributed by atoms with E-state index in [0.29, 0.717) is 0 Å². The lowest BCUT2D eigenvalue weighted by atomic mass is 10.1. The zero-order valence-corrected chi connectivity index (χ0v) is 16.7. The molecule has 0 radical (unpaired) electrons. The predicted molar refractivity (Wildman–Crippen MR) is 111 cm³/mol. The van der Waals surface area contributed by atoms with E-state index in [-0.39, 0.29) is 11.9 Å². The Hall–Kier alpha value is -3.12. The van der Waals surface area contributed by atoms with E-state index in [1.165, 1.54) is 6.92 Å². The van der Waals surface area contributed by atoms with Crippen LogP contribution in [0.15, 0.2) is 54.7 Å². The fourth-order valence-electron chi connectivity index (χ4n) is 3.12. The molecule has 3 aromatic rings. The van der Waals surface area contributed by atoms with E-state index < -0.39 is 0 Å². The second kappa shape index (κ2) is 8.71. The molecule has 0 saturated carbocycles. The molecule has 0 fully saturated rings. The smallest absolute Gasteiger partial charge is 0.221 e. The maximum absolute atomic E-state index is 11.1. The number of anilines is 1. The zero-order valence-electron chi connectivity index (χ0n) is 16.7.